The minimum atomic E-state index is -0.219. The van der Waals surface area contributed by atoms with E-state index < -0.39 is 0 Å². The van der Waals surface area contributed by atoms with Gasteiger partial charge in [-0.2, -0.15) is 0 Å². The van der Waals surface area contributed by atoms with Crippen molar-refractivity contribution in [3.63, 3.8) is 0 Å². The average Bonchev–Trinajstić information content (AvgIpc) is 2.76. The summed E-state index contributed by atoms with van der Waals surface area (Å²) in [4.78, 5) is 12.4. The van der Waals surface area contributed by atoms with Crippen LogP contribution in [0.1, 0.15) is 21.7 Å². The number of rotatable bonds is 2. The highest BCUT2D eigenvalue weighted by Crippen LogP contribution is 2.27. The fourth-order valence-electron chi connectivity index (χ4n) is 2.31. The number of carbonyl (C=O) groups is 1. The first-order valence-electron chi connectivity index (χ1n) is 6.61. The van der Waals surface area contributed by atoms with Crippen LogP contribution >= 0.6 is 22.6 Å². The third kappa shape index (κ3) is 2.81. The molecule has 0 radical (unpaired) electrons. The molecule has 1 heterocycles. The normalized spacial score (nSPS) is 10.8. The van der Waals surface area contributed by atoms with Gasteiger partial charge in [0.2, 0.25) is 0 Å². The molecule has 0 aliphatic heterocycles. The largest absolute Gasteiger partial charge is 0.451 e. The molecule has 0 aliphatic rings. The van der Waals surface area contributed by atoms with Crippen LogP contribution < -0.4 is 5.32 Å². The highest BCUT2D eigenvalue weighted by Gasteiger charge is 2.17. The van der Waals surface area contributed by atoms with Gasteiger partial charge in [0.15, 0.2) is 5.76 Å². The Balaban J connectivity index is 1.96. The van der Waals surface area contributed by atoms with E-state index in [0.717, 1.165) is 31.4 Å². The number of aryl methyl sites for hydroxylation is 2. The van der Waals surface area contributed by atoms with E-state index in [1.807, 2.05) is 56.3 Å². The van der Waals surface area contributed by atoms with E-state index >= 15 is 0 Å². The van der Waals surface area contributed by atoms with Gasteiger partial charge < -0.3 is 9.73 Å². The van der Waals surface area contributed by atoms with E-state index in [1.54, 1.807) is 0 Å². The van der Waals surface area contributed by atoms with Gasteiger partial charge in [-0.25, -0.2) is 0 Å². The third-order valence-electron chi connectivity index (χ3n) is 3.38. The smallest absolute Gasteiger partial charge is 0.291 e. The SMILES string of the molecule is Cc1ccc2oc(C(=O)Nc3cccc(I)c3)c(C)c2c1. The molecule has 3 rings (SSSR count). The van der Waals surface area contributed by atoms with Crippen molar-refractivity contribution < 1.29 is 9.21 Å². The van der Waals surface area contributed by atoms with Gasteiger partial charge in [0.25, 0.3) is 5.91 Å². The van der Waals surface area contributed by atoms with E-state index in [0.29, 0.717) is 5.76 Å². The number of carbonyl (C=O) groups excluding carboxylic acids is 1. The standard InChI is InChI=1S/C17H14INO2/c1-10-6-7-15-14(8-10)11(2)16(21-15)17(20)19-13-5-3-4-12(18)9-13/h3-9H,1-2H3,(H,19,20). The second-order valence-corrected chi connectivity index (χ2v) is 6.27. The molecule has 21 heavy (non-hydrogen) atoms. The van der Waals surface area contributed by atoms with E-state index in [9.17, 15) is 4.79 Å². The first-order valence-corrected chi connectivity index (χ1v) is 7.69. The number of hydrogen-bond acceptors (Lipinski definition) is 2. The number of fused-ring (bicyclic) bond motifs is 1. The minimum absolute atomic E-state index is 0.219. The van der Waals surface area contributed by atoms with Crippen LogP contribution in [-0.4, -0.2) is 5.91 Å². The summed E-state index contributed by atoms with van der Waals surface area (Å²) in [6.45, 7) is 3.94. The van der Waals surface area contributed by atoms with Crippen molar-refractivity contribution >= 4 is 45.2 Å². The highest BCUT2D eigenvalue weighted by atomic mass is 127. The molecule has 0 saturated carbocycles. The second kappa shape index (κ2) is 5.52. The molecule has 0 unspecified atom stereocenters. The molecule has 3 nitrogen and oxygen atoms in total. The van der Waals surface area contributed by atoms with Crippen molar-refractivity contribution in [2.45, 2.75) is 13.8 Å². The maximum absolute atomic E-state index is 12.4. The van der Waals surface area contributed by atoms with Gasteiger partial charge in [0.05, 0.1) is 0 Å². The van der Waals surface area contributed by atoms with E-state index in [4.69, 9.17) is 4.42 Å². The zero-order valence-electron chi connectivity index (χ0n) is 11.7. The van der Waals surface area contributed by atoms with Gasteiger partial charge in [0, 0.05) is 20.2 Å². The first-order chi connectivity index (χ1) is 10.0. The van der Waals surface area contributed by atoms with E-state index in [1.165, 1.54) is 0 Å². The first kappa shape index (κ1) is 14.1. The van der Waals surface area contributed by atoms with Gasteiger partial charge >= 0.3 is 0 Å². The summed E-state index contributed by atoms with van der Waals surface area (Å²) in [5.74, 6) is 0.151. The molecule has 0 atom stereocenters. The van der Waals surface area contributed by atoms with Crippen LogP contribution in [-0.2, 0) is 0 Å². The molecular weight excluding hydrogens is 377 g/mol. The Morgan fingerprint density at radius 2 is 1.95 bits per heavy atom. The Kier molecular flexibility index (Phi) is 3.71. The summed E-state index contributed by atoms with van der Waals surface area (Å²) >= 11 is 2.21. The van der Waals surface area contributed by atoms with Gasteiger partial charge in [-0.15, -0.1) is 0 Å². The minimum Gasteiger partial charge on any atom is -0.451 e. The quantitative estimate of drug-likeness (QED) is 0.631. The van der Waals surface area contributed by atoms with Crippen LogP contribution in [0.15, 0.2) is 46.9 Å². The number of anilines is 1. The summed E-state index contributed by atoms with van der Waals surface area (Å²) in [6.07, 6.45) is 0. The van der Waals surface area contributed by atoms with Crippen LogP contribution in [0.25, 0.3) is 11.0 Å². The maximum Gasteiger partial charge on any atom is 0.291 e. The molecule has 4 heteroatoms. The topological polar surface area (TPSA) is 42.2 Å². The summed E-state index contributed by atoms with van der Waals surface area (Å²) < 4.78 is 6.78. The zero-order chi connectivity index (χ0) is 15.0. The van der Waals surface area contributed by atoms with Crippen molar-refractivity contribution in [3.05, 3.63) is 62.9 Å². The fourth-order valence-corrected chi connectivity index (χ4v) is 2.85. The molecule has 1 amide bonds. The summed E-state index contributed by atoms with van der Waals surface area (Å²) in [6, 6.07) is 13.6. The van der Waals surface area contributed by atoms with Gasteiger partial charge in [-0.3, -0.25) is 4.79 Å². The Bertz CT molecular complexity index is 836. The van der Waals surface area contributed by atoms with Crippen molar-refractivity contribution in [2.24, 2.45) is 0 Å². The highest BCUT2D eigenvalue weighted by molar-refractivity contribution is 14.1. The number of halogens is 1. The van der Waals surface area contributed by atoms with Crippen LogP contribution in [0.4, 0.5) is 5.69 Å². The fraction of sp³-hybridized carbons (Fsp3) is 0.118. The molecule has 106 valence electrons. The molecule has 0 saturated heterocycles. The summed E-state index contributed by atoms with van der Waals surface area (Å²) in [5, 5.41) is 3.87. The molecule has 1 N–H and O–H groups in total. The maximum atomic E-state index is 12.4. The molecule has 0 bridgehead atoms. The van der Waals surface area contributed by atoms with Crippen LogP contribution in [0.2, 0.25) is 0 Å². The Morgan fingerprint density at radius 1 is 1.14 bits per heavy atom. The number of benzene rings is 2. The van der Waals surface area contributed by atoms with Gasteiger partial charge in [-0.05, 0) is 66.8 Å². The van der Waals surface area contributed by atoms with Crippen LogP contribution in [0.3, 0.4) is 0 Å². The van der Waals surface area contributed by atoms with Gasteiger partial charge in [0.1, 0.15) is 5.58 Å². The zero-order valence-corrected chi connectivity index (χ0v) is 13.9. The van der Waals surface area contributed by atoms with E-state index in [-0.39, 0.29) is 5.91 Å². The van der Waals surface area contributed by atoms with Crippen molar-refractivity contribution in [1.82, 2.24) is 0 Å². The lowest BCUT2D eigenvalue weighted by Gasteiger charge is -2.04. The van der Waals surface area contributed by atoms with Crippen LogP contribution in [0, 0.1) is 17.4 Å². The molecule has 2 aromatic carbocycles. The van der Waals surface area contributed by atoms with E-state index in [2.05, 4.69) is 27.9 Å². The summed E-state index contributed by atoms with van der Waals surface area (Å²) in [5.41, 5.74) is 3.53. The van der Waals surface area contributed by atoms with Crippen LogP contribution in [0.5, 0.6) is 0 Å². The third-order valence-corrected chi connectivity index (χ3v) is 4.05. The molecule has 0 aliphatic carbocycles. The Hall–Kier alpha value is -1.82. The number of amides is 1. The molecule has 0 spiro atoms. The number of furan rings is 1. The second-order valence-electron chi connectivity index (χ2n) is 5.02. The Morgan fingerprint density at radius 3 is 2.71 bits per heavy atom. The van der Waals surface area contributed by atoms with Crippen molar-refractivity contribution in [2.75, 3.05) is 5.32 Å². The number of hydrogen-bond donors (Lipinski definition) is 1. The molecular formula is C17H14INO2. The predicted octanol–water partition coefficient (Wildman–Crippen LogP) is 4.91. The predicted molar refractivity (Wildman–Crippen MR) is 92.8 cm³/mol. The van der Waals surface area contributed by atoms with Gasteiger partial charge in [-0.1, -0.05) is 17.7 Å². The molecule has 0 fully saturated rings. The Labute approximate surface area is 136 Å². The monoisotopic (exact) mass is 391 g/mol. The lowest BCUT2D eigenvalue weighted by Crippen LogP contribution is -2.12. The lowest BCUT2D eigenvalue weighted by atomic mass is 10.1. The molecule has 1 aromatic heterocycles. The lowest BCUT2D eigenvalue weighted by molar-refractivity contribution is 0.0998. The van der Waals surface area contributed by atoms with Crippen molar-refractivity contribution in [3.8, 4) is 0 Å². The number of nitrogens with one attached hydrogen (secondary N) is 1. The van der Waals surface area contributed by atoms with Crippen molar-refractivity contribution in [1.29, 1.82) is 0 Å². The summed E-state index contributed by atoms with van der Waals surface area (Å²) in [7, 11) is 0. The average molecular weight is 391 g/mol. The molecule has 3 aromatic rings.